The van der Waals surface area contributed by atoms with Crippen LogP contribution >= 0.6 is 23.4 Å². The highest BCUT2D eigenvalue weighted by molar-refractivity contribution is 8.00. The average Bonchev–Trinajstić information content (AvgIpc) is 3.07. The lowest BCUT2D eigenvalue weighted by Gasteiger charge is -2.40. The summed E-state index contributed by atoms with van der Waals surface area (Å²) in [6, 6.07) is 7.46. The number of thioether (sulfide) groups is 1. The lowest BCUT2D eigenvalue weighted by molar-refractivity contribution is -0.201. The minimum absolute atomic E-state index is 0.105. The van der Waals surface area contributed by atoms with Crippen molar-refractivity contribution in [2.75, 3.05) is 19.8 Å². The van der Waals surface area contributed by atoms with Crippen LogP contribution in [0.3, 0.4) is 0 Å². The molecule has 1 spiro atoms. The Balaban J connectivity index is 1.47. The molecule has 1 aromatic carbocycles. The van der Waals surface area contributed by atoms with Crippen LogP contribution in [0.4, 0.5) is 0 Å². The summed E-state index contributed by atoms with van der Waals surface area (Å²) in [6.07, 6.45) is 2.42. The van der Waals surface area contributed by atoms with Crippen molar-refractivity contribution in [1.82, 2.24) is 5.32 Å². The predicted octanol–water partition coefficient (Wildman–Crippen LogP) is 2.99. The summed E-state index contributed by atoms with van der Waals surface area (Å²) in [6.45, 7) is 3.32. The number of amides is 1. The van der Waals surface area contributed by atoms with Gasteiger partial charge in [0.2, 0.25) is 5.91 Å². The smallest absolute Gasteiger partial charge is 0.233 e. The van der Waals surface area contributed by atoms with Crippen molar-refractivity contribution in [1.29, 1.82) is 0 Å². The fourth-order valence-corrected chi connectivity index (χ4v) is 4.42. The zero-order valence-corrected chi connectivity index (χ0v) is 15.9. The maximum absolute atomic E-state index is 12.4. The van der Waals surface area contributed by atoms with Crippen LogP contribution in [0.2, 0.25) is 5.02 Å². The van der Waals surface area contributed by atoms with Gasteiger partial charge in [0.15, 0.2) is 5.79 Å². The first-order valence-corrected chi connectivity index (χ1v) is 9.86. The molecule has 7 heteroatoms. The molecule has 0 aromatic heterocycles. The summed E-state index contributed by atoms with van der Waals surface area (Å²) in [5, 5.41) is 13.9. The number of benzene rings is 1. The van der Waals surface area contributed by atoms with Crippen LogP contribution in [0, 0.1) is 0 Å². The third kappa shape index (κ3) is 4.68. The van der Waals surface area contributed by atoms with E-state index < -0.39 is 11.4 Å². The molecule has 25 heavy (non-hydrogen) atoms. The van der Waals surface area contributed by atoms with E-state index in [-0.39, 0.29) is 17.7 Å². The molecule has 0 bridgehead atoms. The lowest BCUT2D eigenvalue weighted by atomic mass is 9.81. The van der Waals surface area contributed by atoms with Gasteiger partial charge in [-0.2, -0.15) is 0 Å². The number of rotatable bonds is 5. The van der Waals surface area contributed by atoms with Crippen LogP contribution in [0.15, 0.2) is 29.2 Å². The summed E-state index contributed by atoms with van der Waals surface area (Å²) in [7, 11) is 0. The van der Waals surface area contributed by atoms with Crippen LogP contribution in [0.25, 0.3) is 0 Å². The van der Waals surface area contributed by atoms with Crippen molar-refractivity contribution in [3.05, 3.63) is 29.3 Å². The zero-order chi connectivity index (χ0) is 17.9. The molecule has 1 aliphatic heterocycles. The molecule has 2 N–H and O–H groups in total. The molecule has 138 valence electrons. The quantitative estimate of drug-likeness (QED) is 0.762. The lowest BCUT2D eigenvalue weighted by Crippen LogP contribution is -2.50. The molecule has 1 atom stereocenters. The largest absolute Gasteiger partial charge is 0.388 e. The molecular formula is C18H24ClNO4S. The molecule has 1 amide bonds. The summed E-state index contributed by atoms with van der Waals surface area (Å²) in [4.78, 5) is 13.2. The van der Waals surface area contributed by atoms with Gasteiger partial charge in [-0.15, -0.1) is 11.8 Å². The Kier molecular flexibility index (Phi) is 5.96. The molecule has 3 rings (SSSR count). The molecule has 2 aliphatic rings. The number of halogens is 1. The highest BCUT2D eigenvalue weighted by atomic mass is 35.5. The van der Waals surface area contributed by atoms with E-state index >= 15 is 0 Å². The number of aliphatic hydroxyl groups is 1. The van der Waals surface area contributed by atoms with Gasteiger partial charge >= 0.3 is 0 Å². The minimum atomic E-state index is -0.898. The molecule has 0 radical (unpaired) electrons. The first kappa shape index (κ1) is 19.0. The molecule has 2 fully saturated rings. The number of hydrogen-bond donors (Lipinski definition) is 2. The Morgan fingerprint density at radius 3 is 2.56 bits per heavy atom. The van der Waals surface area contributed by atoms with E-state index in [0.717, 1.165) is 4.90 Å². The number of carbonyl (C=O) groups excluding carboxylic acids is 1. The maximum Gasteiger partial charge on any atom is 0.233 e. The van der Waals surface area contributed by atoms with E-state index in [9.17, 15) is 9.90 Å². The number of nitrogens with one attached hydrogen (secondary N) is 1. The highest BCUT2D eigenvalue weighted by Crippen LogP contribution is 2.40. The van der Waals surface area contributed by atoms with E-state index in [2.05, 4.69) is 5.32 Å². The SMILES string of the molecule is CC(Sc1ccccc1Cl)C(=O)NCC1(O)CCC2(CC1)OCCO2. The van der Waals surface area contributed by atoms with Crippen molar-refractivity contribution in [3.63, 3.8) is 0 Å². The molecule has 1 heterocycles. The Labute approximate surface area is 157 Å². The van der Waals surface area contributed by atoms with Crippen LogP contribution in [0.1, 0.15) is 32.6 Å². The van der Waals surface area contributed by atoms with Gasteiger partial charge in [-0.25, -0.2) is 0 Å². The van der Waals surface area contributed by atoms with Crippen LogP contribution < -0.4 is 5.32 Å². The van der Waals surface area contributed by atoms with Crippen LogP contribution in [-0.4, -0.2) is 47.4 Å². The first-order valence-electron chi connectivity index (χ1n) is 8.61. The molecule has 5 nitrogen and oxygen atoms in total. The van der Waals surface area contributed by atoms with Gasteiger partial charge in [-0.05, 0) is 31.9 Å². The molecule has 1 saturated carbocycles. The van der Waals surface area contributed by atoms with Crippen molar-refractivity contribution < 1.29 is 19.4 Å². The molecule has 1 aromatic rings. The van der Waals surface area contributed by atoms with Gasteiger partial charge in [0.1, 0.15) is 0 Å². The summed E-state index contributed by atoms with van der Waals surface area (Å²) in [5.41, 5.74) is -0.898. The third-order valence-corrected chi connectivity index (χ3v) is 6.48. The minimum Gasteiger partial charge on any atom is -0.388 e. The fraction of sp³-hybridized carbons (Fsp3) is 0.611. The van der Waals surface area contributed by atoms with Gasteiger partial charge < -0.3 is 19.9 Å². The normalized spacial score (nSPS) is 22.7. The van der Waals surface area contributed by atoms with Gasteiger partial charge in [-0.1, -0.05) is 23.7 Å². The van der Waals surface area contributed by atoms with Crippen LogP contribution in [0.5, 0.6) is 0 Å². The number of carbonyl (C=O) groups is 1. The standard InChI is InChI=1S/C18H24ClNO4S/c1-13(25-15-5-3-2-4-14(15)19)16(21)20-12-17(22)6-8-18(9-7-17)23-10-11-24-18/h2-5,13,22H,6-12H2,1H3,(H,20,21). The van der Waals surface area contributed by atoms with Crippen molar-refractivity contribution in [3.8, 4) is 0 Å². The third-order valence-electron chi connectivity index (χ3n) is 4.86. The molecular weight excluding hydrogens is 362 g/mol. The number of ether oxygens (including phenoxy) is 2. The Morgan fingerprint density at radius 2 is 1.92 bits per heavy atom. The Hall–Kier alpha value is -0.790. The molecule has 1 unspecified atom stereocenters. The highest BCUT2D eigenvalue weighted by Gasteiger charge is 2.45. The van der Waals surface area contributed by atoms with E-state index in [0.29, 0.717) is 43.9 Å². The van der Waals surface area contributed by atoms with Crippen molar-refractivity contribution in [2.45, 2.75) is 54.1 Å². The molecule has 1 saturated heterocycles. The van der Waals surface area contributed by atoms with Crippen LogP contribution in [-0.2, 0) is 14.3 Å². The second-order valence-corrected chi connectivity index (χ2v) is 8.53. The zero-order valence-electron chi connectivity index (χ0n) is 14.3. The Bertz CT molecular complexity index is 611. The van der Waals surface area contributed by atoms with Crippen molar-refractivity contribution >= 4 is 29.3 Å². The predicted molar refractivity (Wildman–Crippen MR) is 97.8 cm³/mol. The average molecular weight is 386 g/mol. The maximum atomic E-state index is 12.4. The first-order chi connectivity index (χ1) is 11.9. The summed E-state index contributed by atoms with van der Waals surface area (Å²) < 4.78 is 11.4. The van der Waals surface area contributed by atoms with Gasteiger partial charge in [0, 0.05) is 24.3 Å². The van der Waals surface area contributed by atoms with Gasteiger partial charge in [0.05, 0.1) is 29.1 Å². The molecule has 1 aliphatic carbocycles. The van der Waals surface area contributed by atoms with Gasteiger partial charge in [-0.3, -0.25) is 4.79 Å². The summed E-state index contributed by atoms with van der Waals surface area (Å²) in [5.74, 6) is -0.615. The topological polar surface area (TPSA) is 67.8 Å². The summed E-state index contributed by atoms with van der Waals surface area (Å²) >= 11 is 7.55. The van der Waals surface area contributed by atoms with E-state index in [1.165, 1.54) is 11.8 Å². The Morgan fingerprint density at radius 1 is 1.28 bits per heavy atom. The van der Waals surface area contributed by atoms with E-state index in [4.69, 9.17) is 21.1 Å². The van der Waals surface area contributed by atoms with Crippen molar-refractivity contribution in [2.24, 2.45) is 0 Å². The monoisotopic (exact) mass is 385 g/mol. The van der Waals surface area contributed by atoms with Gasteiger partial charge in [0.25, 0.3) is 0 Å². The second-order valence-electron chi connectivity index (χ2n) is 6.74. The fourth-order valence-electron chi connectivity index (χ4n) is 3.24. The van der Waals surface area contributed by atoms with E-state index in [1.807, 2.05) is 31.2 Å². The second kappa shape index (κ2) is 7.84. The number of hydrogen-bond acceptors (Lipinski definition) is 5. The van der Waals surface area contributed by atoms with E-state index in [1.54, 1.807) is 0 Å².